The molecule has 0 atom stereocenters. The topological polar surface area (TPSA) is 123 Å². The number of rotatable bonds is 6. The van der Waals surface area contributed by atoms with Crippen LogP contribution >= 0.6 is 0 Å². The van der Waals surface area contributed by atoms with Crippen LogP contribution in [0.4, 0.5) is 17.6 Å². The summed E-state index contributed by atoms with van der Waals surface area (Å²) in [5.74, 6) is -0.781. The van der Waals surface area contributed by atoms with Gasteiger partial charge in [0.1, 0.15) is 17.4 Å². The van der Waals surface area contributed by atoms with Crippen molar-refractivity contribution in [1.29, 1.82) is 0 Å². The molecule has 5 rings (SSSR count). The summed E-state index contributed by atoms with van der Waals surface area (Å²) in [6.45, 7) is 0.443. The lowest BCUT2D eigenvalue weighted by molar-refractivity contribution is -0.274. The molecule has 1 aliphatic heterocycles. The van der Waals surface area contributed by atoms with Gasteiger partial charge in [-0.15, -0.1) is 18.3 Å². The van der Waals surface area contributed by atoms with Gasteiger partial charge in [0, 0.05) is 19.0 Å². The van der Waals surface area contributed by atoms with E-state index in [0.717, 1.165) is 12.1 Å². The molecule has 38 heavy (non-hydrogen) atoms. The van der Waals surface area contributed by atoms with Crippen molar-refractivity contribution in [2.45, 2.75) is 36.6 Å². The first-order valence-corrected chi connectivity index (χ1v) is 12.9. The number of hydrogen-bond donors (Lipinski definition) is 1. The molecule has 1 N–H and O–H groups in total. The van der Waals surface area contributed by atoms with Gasteiger partial charge in [0.05, 0.1) is 11.4 Å². The van der Waals surface area contributed by atoms with Gasteiger partial charge >= 0.3 is 6.36 Å². The van der Waals surface area contributed by atoms with Crippen molar-refractivity contribution in [2.75, 3.05) is 13.1 Å². The van der Waals surface area contributed by atoms with Crippen molar-refractivity contribution in [1.82, 2.24) is 29.3 Å². The van der Waals surface area contributed by atoms with E-state index in [2.05, 4.69) is 25.0 Å². The molecule has 1 fully saturated rings. The maximum atomic E-state index is 13.2. The third-order valence-corrected chi connectivity index (χ3v) is 8.09. The van der Waals surface area contributed by atoms with Crippen LogP contribution in [0.5, 0.6) is 5.75 Å². The minimum atomic E-state index is -4.80. The van der Waals surface area contributed by atoms with E-state index in [4.69, 9.17) is 0 Å². The van der Waals surface area contributed by atoms with E-state index in [0.29, 0.717) is 24.2 Å². The van der Waals surface area contributed by atoms with Gasteiger partial charge in [0.25, 0.3) is 5.56 Å². The van der Waals surface area contributed by atoms with Gasteiger partial charge in [-0.05, 0) is 54.8 Å². The number of fused-ring (bicyclic) bond motifs is 1. The third-order valence-electron chi connectivity index (χ3n) is 6.17. The molecule has 3 heterocycles. The molecule has 2 aromatic heterocycles. The number of aromatic nitrogens is 5. The number of halogens is 4. The summed E-state index contributed by atoms with van der Waals surface area (Å²) in [5.41, 5.74) is 0.267. The Balaban J connectivity index is 1.32. The zero-order valence-electron chi connectivity index (χ0n) is 19.5. The highest BCUT2D eigenvalue weighted by Crippen LogP contribution is 2.29. The summed E-state index contributed by atoms with van der Waals surface area (Å²) in [6.07, 6.45) is -4.03. The second kappa shape index (κ2) is 9.79. The SMILES string of the molecule is O=c1[nH]c(C2CCN(S(=O)(=O)c3ccc(F)cc3)CC2)nc2c1nnn2Cc1ccc(OC(F)(F)F)cc1. The Labute approximate surface area is 212 Å². The van der Waals surface area contributed by atoms with Crippen LogP contribution < -0.4 is 10.3 Å². The van der Waals surface area contributed by atoms with E-state index >= 15 is 0 Å². The lowest BCUT2D eigenvalue weighted by atomic mass is 9.97. The predicted octanol–water partition coefficient (Wildman–Crippen LogP) is 3.17. The van der Waals surface area contributed by atoms with Gasteiger partial charge in [-0.1, -0.05) is 17.3 Å². The van der Waals surface area contributed by atoms with Crippen molar-refractivity contribution in [2.24, 2.45) is 0 Å². The molecule has 200 valence electrons. The molecule has 1 saturated heterocycles. The molecule has 4 aromatic rings. The molecule has 0 unspecified atom stereocenters. The van der Waals surface area contributed by atoms with Crippen molar-refractivity contribution >= 4 is 21.2 Å². The Kier molecular flexibility index (Phi) is 6.65. The summed E-state index contributed by atoms with van der Waals surface area (Å²) < 4.78 is 82.7. The summed E-state index contributed by atoms with van der Waals surface area (Å²) in [5, 5.41) is 7.83. The molecule has 1 aliphatic rings. The standard InChI is InChI=1S/C23H20F4N6O4S/c24-16-3-7-18(8-4-16)38(35,36)32-11-9-15(10-12-32)20-28-21-19(22(34)29-20)30-31-33(21)13-14-1-5-17(6-2-14)37-23(25,26)27/h1-8,15H,9-13H2,(H,28,29,34). The fourth-order valence-corrected chi connectivity index (χ4v) is 5.75. The molecule has 0 radical (unpaired) electrons. The van der Waals surface area contributed by atoms with Gasteiger partial charge in [-0.3, -0.25) is 4.79 Å². The first kappa shape index (κ1) is 25.8. The highest BCUT2D eigenvalue weighted by molar-refractivity contribution is 7.89. The molecular weight excluding hydrogens is 532 g/mol. The number of benzene rings is 2. The second-order valence-corrected chi connectivity index (χ2v) is 10.6. The first-order valence-electron chi connectivity index (χ1n) is 11.4. The lowest BCUT2D eigenvalue weighted by Gasteiger charge is -2.30. The Morgan fingerprint density at radius 1 is 1.03 bits per heavy atom. The lowest BCUT2D eigenvalue weighted by Crippen LogP contribution is -2.38. The molecule has 0 bridgehead atoms. The van der Waals surface area contributed by atoms with Crippen molar-refractivity contribution in [3.05, 3.63) is 76.1 Å². The number of hydrogen-bond acceptors (Lipinski definition) is 7. The first-order chi connectivity index (χ1) is 18.0. The number of alkyl halides is 3. The van der Waals surface area contributed by atoms with E-state index < -0.39 is 27.8 Å². The second-order valence-electron chi connectivity index (χ2n) is 8.69. The highest BCUT2D eigenvalue weighted by Gasteiger charge is 2.32. The number of piperidine rings is 1. The molecule has 0 spiro atoms. The highest BCUT2D eigenvalue weighted by atomic mass is 32.2. The Bertz CT molecular complexity index is 1610. The van der Waals surface area contributed by atoms with Gasteiger partial charge in [0.2, 0.25) is 10.0 Å². The van der Waals surface area contributed by atoms with Crippen LogP contribution in [0.2, 0.25) is 0 Å². The maximum absolute atomic E-state index is 13.2. The average Bonchev–Trinajstić information content (AvgIpc) is 3.28. The predicted molar refractivity (Wildman–Crippen MR) is 125 cm³/mol. The monoisotopic (exact) mass is 552 g/mol. The zero-order valence-corrected chi connectivity index (χ0v) is 20.3. The van der Waals surface area contributed by atoms with Crippen molar-refractivity contribution < 1.29 is 30.7 Å². The van der Waals surface area contributed by atoms with E-state index in [-0.39, 0.29) is 47.4 Å². The minimum absolute atomic E-state index is 0.00159. The van der Waals surface area contributed by atoms with Gasteiger partial charge in [0.15, 0.2) is 11.2 Å². The van der Waals surface area contributed by atoms with Crippen LogP contribution in [-0.4, -0.2) is 57.1 Å². The van der Waals surface area contributed by atoms with Gasteiger partial charge in [-0.25, -0.2) is 22.5 Å². The van der Waals surface area contributed by atoms with Gasteiger partial charge in [-0.2, -0.15) is 4.31 Å². The number of nitrogens with one attached hydrogen (secondary N) is 1. The Morgan fingerprint density at radius 3 is 2.32 bits per heavy atom. The maximum Gasteiger partial charge on any atom is 0.573 e. The Hall–Kier alpha value is -3.85. The van der Waals surface area contributed by atoms with Crippen LogP contribution in [0.15, 0.2) is 58.2 Å². The number of ether oxygens (including phenoxy) is 1. The molecular formula is C23H20F4N6O4S. The third kappa shape index (κ3) is 5.38. The van der Waals surface area contributed by atoms with E-state index in [9.17, 15) is 30.8 Å². The summed E-state index contributed by atoms with van der Waals surface area (Å²) in [7, 11) is -3.79. The van der Waals surface area contributed by atoms with Crippen LogP contribution in [0.3, 0.4) is 0 Å². The molecule has 10 nitrogen and oxygen atoms in total. The summed E-state index contributed by atoms with van der Waals surface area (Å²) in [6, 6.07) is 9.81. The number of nitrogens with zero attached hydrogens (tertiary/aromatic N) is 5. The van der Waals surface area contributed by atoms with Crippen LogP contribution in [0.25, 0.3) is 11.2 Å². The fourth-order valence-electron chi connectivity index (χ4n) is 4.28. The molecule has 0 aliphatic carbocycles. The number of aromatic amines is 1. The van der Waals surface area contributed by atoms with Crippen molar-refractivity contribution in [3.8, 4) is 5.75 Å². The number of sulfonamides is 1. The number of H-pyrrole nitrogens is 1. The normalized spacial score (nSPS) is 15.7. The van der Waals surface area contributed by atoms with E-state index in [1.54, 1.807) is 0 Å². The fraction of sp³-hybridized carbons (Fsp3) is 0.304. The zero-order chi connectivity index (χ0) is 27.1. The van der Waals surface area contributed by atoms with E-state index in [1.807, 2.05) is 0 Å². The van der Waals surface area contributed by atoms with E-state index in [1.165, 1.54) is 45.4 Å². The molecule has 0 amide bonds. The minimum Gasteiger partial charge on any atom is -0.406 e. The average molecular weight is 553 g/mol. The molecule has 2 aromatic carbocycles. The van der Waals surface area contributed by atoms with Gasteiger partial charge < -0.3 is 9.72 Å². The quantitative estimate of drug-likeness (QED) is 0.365. The van der Waals surface area contributed by atoms with Crippen LogP contribution in [-0.2, 0) is 16.6 Å². The van der Waals surface area contributed by atoms with Crippen LogP contribution in [0, 0.1) is 5.82 Å². The summed E-state index contributed by atoms with van der Waals surface area (Å²) in [4.78, 5) is 19.9. The van der Waals surface area contributed by atoms with Crippen molar-refractivity contribution in [3.63, 3.8) is 0 Å². The Morgan fingerprint density at radius 2 is 1.68 bits per heavy atom. The molecule has 15 heteroatoms. The molecule has 0 saturated carbocycles. The largest absolute Gasteiger partial charge is 0.573 e. The smallest absolute Gasteiger partial charge is 0.406 e. The van der Waals surface area contributed by atoms with Crippen LogP contribution in [0.1, 0.15) is 30.1 Å². The summed E-state index contributed by atoms with van der Waals surface area (Å²) >= 11 is 0.